The minimum Gasteiger partial charge on any atom is -0.463 e. The predicted octanol–water partition coefficient (Wildman–Crippen LogP) is 4.42. The molecular weight excluding hydrogens is 427 g/mol. The SMILES string of the molecule is CCOC(=O)C1=C(C)OC2=C(C3=NP(Oc4ccccc4)NN3C=N2)C1c1ccccc1. The van der Waals surface area contributed by atoms with Gasteiger partial charge in [-0.3, -0.25) is 0 Å². The number of benzene rings is 2. The molecule has 0 spiro atoms. The van der Waals surface area contributed by atoms with Crippen LogP contribution in [0.5, 0.6) is 5.75 Å². The number of nitrogens with one attached hydrogen (secondary N) is 1. The van der Waals surface area contributed by atoms with Gasteiger partial charge in [-0.05, 0) is 31.5 Å². The Morgan fingerprint density at radius 1 is 1.16 bits per heavy atom. The average Bonchev–Trinajstić information content (AvgIpc) is 3.22. The topological polar surface area (TPSA) is 84.8 Å². The number of rotatable bonds is 5. The van der Waals surface area contributed by atoms with Crippen molar-refractivity contribution in [2.75, 3.05) is 6.61 Å². The van der Waals surface area contributed by atoms with Crippen LogP contribution >= 0.6 is 8.45 Å². The van der Waals surface area contributed by atoms with Crippen LogP contribution in [-0.2, 0) is 14.3 Å². The van der Waals surface area contributed by atoms with E-state index in [2.05, 4.69) is 10.2 Å². The lowest BCUT2D eigenvalue weighted by Crippen LogP contribution is -2.41. The number of esters is 1. The van der Waals surface area contributed by atoms with Crippen molar-refractivity contribution in [3.63, 3.8) is 0 Å². The normalized spacial score (nSPS) is 21.6. The molecule has 0 aromatic heterocycles. The van der Waals surface area contributed by atoms with Crippen molar-refractivity contribution in [2.45, 2.75) is 19.8 Å². The molecule has 2 aromatic carbocycles. The van der Waals surface area contributed by atoms with E-state index in [1.165, 1.54) is 0 Å². The fourth-order valence-electron chi connectivity index (χ4n) is 3.79. The predicted molar refractivity (Wildman–Crippen MR) is 122 cm³/mol. The summed E-state index contributed by atoms with van der Waals surface area (Å²) in [6, 6.07) is 19.3. The smallest absolute Gasteiger partial charge is 0.338 e. The first-order valence-corrected chi connectivity index (χ1v) is 11.4. The minimum atomic E-state index is -1.39. The van der Waals surface area contributed by atoms with Gasteiger partial charge in [0, 0.05) is 0 Å². The van der Waals surface area contributed by atoms with E-state index >= 15 is 0 Å². The molecule has 2 unspecified atom stereocenters. The molecule has 3 aliphatic heterocycles. The van der Waals surface area contributed by atoms with E-state index in [4.69, 9.17) is 18.8 Å². The molecule has 0 radical (unpaired) electrons. The monoisotopic (exact) mass is 448 g/mol. The van der Waals surface area contributed by atoms with Crippen LogP contribution in [0, 0.1) is 0 Å². The summed E-state index contributed by atoms with van der Waals surface area (Å²) >= 11 is 0. The number of hydrogen-bond acceptors (Lipinski definition) is 8. The zero-order chi connectivity index (χ0) is 22.1. The van der Waals surface area contributed by atoms with Crippen LogP contribution in [-0.4, -0.2) is 29.8 Å². The Labute approximate surface area is 186 Å². The molecule has 5 rings (SSSR count). The van der Waals surface area contributed by atoms with E-state index < -0.39 is 20.3 Å². The van der Waals surface area contributed by atoms with Gasteiger partial charge < -0.3 is 14.0 Å². The fraction of sp³-hybridized carbons (Fsp3) is 0.174. The van der Waals surface area contributed by atoms with E-state index in [0.717, 1.165) is 5.56 Å². The van der Waals surface area contributed by atoms with E-state index in [-0.39, 0.29) is 6.61 Å². The zero-order valence-corrected chi connectivity index (χ0v) is 18.5. The zero-order valence-electron chi connectivity index (χ0n) is 17.6. The number of allylic oxidation sites excluding steroid dienone is 1. The second-order valence-electron chi connectivity index (χ2n) is 7.17. The molecule has 1 N–H and O–H groups in total. The molecule has 0 fully saturated rings. The number of aliphatic imine (C=N–C) groups is 1. The van der Waals surface area contributed by atoms with Gasteiger partial charge in [-0.1, -0.05) is 48.5 Å². The molecule has 9 heteroatoms. The van der Waals surface area contributed by atoms with Gasteiger partial charge in [-0.25, -0.2) is 14.8 Å². The third-order valence-electron chi connectivity index (χ3n) is 5.14. The average molecular weight is 448 g/mol. The maximum absolute atomic E-state index is 13.0. The van der Waals surface area contributed by atoms with E-state index in [1.807, 2.05) is 60.7 Å². The Morgan fingerprint density at radius 3 is 2.59 bits per heavy atom. The molecule has 3 heterocycles. The second kappa shape index (κ2) is 8.57. The van der Waals surface area contributed by atoms with Crippen LogP contribution in [0.15, 0.2) is 93.2 Å². The molecule has 0 bridgehead atoms. The summed E-state index contributed by atoms with van der Waals surface area (Å²) in [5.41, 5.74) is 2.06. The standard InChI is InChI=1S/C23H21N4O4P/c1-3-29-23(28)18-15(2)30-22-20(19(18)16-10-6-4-7-11-16)21-25-32(26-27(21)14-24-22)31-17-12-8-5-9-13-17/h4-14,19,26H,3H2,1-2H3. The largest absolute Gasteiger partial charge is 0.463 e. The summed E-state index contributed by atoms with van der Waals surface area (Å²) in [6.45, 7) is 3.81. The van der Waals surface area contributed by atoms with Crippen LogP contribution in [0.1, 0.15) is 25.3 Å². The minimum absolute atomic E-state index is 0.270. The number of amidine groups is 1. The number of hydrazine groups is 1. The van der Waals surface area contributed by atoms with Crippen molar-refractivity contribution in [2.24, 2.45) is 9.76 Å². The number of para-hydroxylation sites is 1. The number of fused-ring (bicyclic) bond motifs is 2. The van der Waals surface area contributed by atoms with E-state index in [1.54, 1.807) is 25.2 Å². The Morgan fingerprint density at radius 2 is 1.88 bits per heavy atom. The van der Waals surface area contributed by atoms with Gasteiger partial charge in [0.25, 0.3) is 0 Å². The number of hydrogen-bond donors (Lipinski definition) is 1. The quantitative estimate of drug-likeness (QED) is 0.539. The van der Waals surface area contributed by atoms with Crippen molar-refractivity contribution < 1.29 is 18.8 Å². The van der Waals surface area contributed by atoms with Gasteiger partial charge in [-0.2, -0.15) is 4.76 Å². The van der Waals surface area contributed by atoms with Crippen molar-refractivity contribution in [1.82, 2.24) is 10.2 Å². The summed E-state index contributed by atoms with van der Waals surface area (Å²) in [4.78, 5) is 17.4. The summed E-state index contributed by atoms with van der Waals surface area (Å²) in [6.07, 6.45) is 1.61. The number of nitrogens with zero attached hydrogens (tertiary/aromatic N) is 3. The lowest BCUT2D eigenvalue weighted by atomic mass is 9.81. The van der Waals surface area contributed by atoms with Crippen molar-refractivity contribution in [3.8, 4) is 5.75 Å². The second-order valence-corrected chi connectivity index (χ2v) is 8.30. The molecule has 0 aliphatic carbocycles. The van der Waals surface area contributed by atoms with Crippen LogP contribution in [0.4, 0.5) is 0 Å². The molecule has 2 aromatic rings. The Hall–Kier alpha value is -3.48. The van der Waals surface area contributed by atoms with Crippen molar-refractivity contribution >= 4 is 26.6 Å². The summed E-state index contributed by atoms with van der Waals surface area (Å²) in [7, 11) is -1.39. The van der Waals surface area contributed by atoms with Crippen LogP contribution < -0.4 is 9.72 Å². The highest BCUT2D eigenvalue weighted by atomic mass is 31.2. The van der Waals surface area contributed by atoms with Gasteiger partial charge in [0.05, 0.1) is 23.7 Å². The van der Waals surface area contributed by atoms with Gasteiger partial charge >= 0.3 is 14.4 Å². The molecule has 3 aliphatic rings. The van der Waals surface area contributed by atoms with E-state index in [0.29, 0.717) is 34.4 Å². The van der Waals surface area contributed by atoms with Crippen molar-refractivity contribution in [3.05, 3.63) is 89.0 Å². The van der Waals surface area contributed by atoms with Gasteiger partial charge in [0.15, 0.2) is 5.84 Å². The molecule has 8 nitrogen and oxygen atoms in total. The number of carbonyl (C=O) groups excluding carboxylic acids is 1. The molecule has 0 saturated heterocycles. The third kappa shape index (κ3) is 3.68. The van der Waals surface area contributed by atoms with E-state index in [9.17, 15) is 4.79 Å². The Kier molecular flexibility index (Phi) is 5.47. The van der Waals surface area contributed by atoms with Gasteiger partial charge in [0.1, 0.15) is 17.8 Å². The molecule has 0 saturated carbocycles. The summed E-state index contributed by atoms with van der Waals surface area (Å²) in [5.74, 6) is 1.35. The van der Waals surface area contributed by atoms with Crippen LogP contribution in [0.2, 0.25) is 0 Å². The number of carbonyl (C=O) groups is 1. The lowest BCUT2D eigenvalue weighted by Gasteiger charge is -2.33. The third-order valence-corrected chi connectivity index (χ3v) is 6.28. The van der Waals surface area contributed by atoms with Gasteiger partial charge in [0.2, 0.25) is 5.88 Å². The highest BCUT2D eigenvalue weighted by Gasteiger charge is 2.44. The molecule has 2 atom stereocenters. The Bertz CT molecular complexity index is 1160. The molecule has 0 amide bonds. The summed E-state index contributed by atoms with van der Waals surface area (Å²) < 4.78 is 22.2. The first-order chi connectivity index (χ1) is 15.7. The fourth-order valence-corrected chi connectivity index (χ4v) is 4.94. The van der Waals surface area contributed by atoms with Gasteiger partial charge in [-0.15, -0.1) is 5.20 Å². The number of ether oxygens (including phenoxy) is 2. The lowest BCUT2D eigenvalue weighted by molar-refractivity contribution is -0.139. The van der Waals surface area contributed by atoms with Crippen LogP contribution in [0.25, 0.3) is 0 Å². The maximum atomic E-state index is 13.0. The molecular formula is C23H21N4O4P. The maximum Gasteiger partial charge on any atom is 0.338 e. The first-order valence-electron chi connectivity index (χ1n) is 10.2. The van der Waals surface area contributed by atoms with Crippen molar-refractivity contribution in [1.29, 1.82) is 0 Å². The first kappa shape index (κ1) is 20.4. The highest BCUT2D eigenvalue weighted by molar-refractivity contribution is 7.50. The Balaban J connectivity index is 1.57. The molecule has 32 heavy (non-hydrogen) atoms. The van der Waals surface area contributed by atoms with Crippen LogP contribution in [0.3, 0.4) is 0 Å². The molecule has 162 valence electrons. The highest BCUT2D eigenvalue weighted by Crippen LogP contribution is 2.48. The summed E-state index contributed by atoms with van der Waals surface area (Å²) in [5, 5.41) is 4.95.